The molecule has 1 aromatic heterocycles. The van der Waals surface area contributed by atoms with Gasteiger partial charge in [-0.3, -0.25) is 4.79 Å². The Morgan fingerprint density at radius 1 is 1.50 bits per heavy atom. The van der Waals surface area contributed by atoms with Gasteiger partial charge in [-0.2, -0.15) is 0 Å². The van der Waals surface area contributed by atoms with Gasteiger partial charge in [-0.25, -0.2) is 4.98 Å². The highest BCUT2D eigenvalue weighted by Gasteiger charge is 2.22. The van der Waals surface area contributed by atoms with Gasteiger partial charge in [0.1, 0.15) is 11.8 Å². The van der Waals surface area contributed by atoms with Crippen LogP contribution in [-0.4, -0.2) is 43.8 Å². The molecular formula is C16H20ClN3O3S. The summed E-state index contributed by atoms with van der Waals surface area (Å²) >= 11 is 1.39. The lowest BCUT2D eigenvalue weighted by Gasteiger charge is -2.22. The van der Waals surface area contributed by atoms with Gasteiger partial charge in [0.05, 0.1) is 26.0 Å². The SMILES string of the molecule is COc1ccc(C)cc1-c1csc(NC(=O)C2COCCN2)n1.Cl. The largest absolute Gasteiger partial charge is 0.496 e. The van der Waals surface area contributed by atoms with Gasteiger partial charge in [-0.1, -0.05) is 11.6 Å². The Kier molecular flexibility index (Phi) is 6.56. The van der Waals surface area contributed by atoms with E-state index in [0.717, 1.165) is 22.6 Å². The van der Waals surface area contributed by atoms with Gasteiger partial charge >= 0.3 is 0 Å². The van der Waals surface area contributed by atoms with E-state index in [1.54, 1.807) is 7.11 Å². The van der Waals surface area contributed by atoms with Crippen molar-refractivity contribution in [1.29, 1.82) is 0 Å². The Bertz CT molecular complexity index is 702. The Hall–Kier alpha value is -1.67. The second-order valence-electron chi connectivity index (χ2n) is 5.31. The number of carbonyl (C=O) groups is 1. The normalized spacial score (nSPS) is 17.0. The molecule has 24 heavy (non-hydrogen) atoms. The average Bonchev–Trinajstić information content (AvgIpc) is 3.04. The molecule has 3 rings (SSSR count). The monoisotopic (exact) mass is 369 g/mol. The zero-order valence-corrected chi connectivity index (χ0v) is 15.1. The summed E-state index contributed by atoms with van der Waals surface area (Å²) < 4.78 is 10.7. The highest BCUT2D eigenvalue weighted by molar-refractivity contribution is 7.14. The Labute approximate surface area is 151 Å². The predicted molar refractivity (Wildman–Crippen MR) is 97.3 cm³/mol. The van der Waals surface area contributed by atoms with Crippen LogP contribution in [0.15, 0.2) is 23.6 Å². The number of ether oxygens (including phenoxy) is 2. The number of thiazole rings is 1. The second kappa shape index (κ2) is 8.43. The van der Waals surface area contributed by atoms with Crippen LogP contribution in [0.25, 0.3) is 11.3 Å². The third kappa shape index (κ3) is 4.24. The molecule has 8 heteroatoms. The van der Waals surface area contributed by atoms with E-state index in [2.05, 4.69) is 15.6 Å². The first kappa shape index (κ1) is 18.7. The van der Waals surface area contributed by atoms with E-state index in [1.165, 1.54) is 11.3 Å². The molecular weight excluding hydrogens is 350 g/mol. The van der Waals surface area contributed by atoms with Crippen molar-refractivity contribution < 1.29 is 14.3 Å². The maximum Gasteiger partial charge on any atom is 0.245 e. The zero-order chi connectivity index (χ0) is 16.2. The molecule has 0 bridgehead atoms. The van der Waals surface area contributed by atoms with Crippen molar-refractivity contribution in [2.45, 2.75) is 13.0 Å². The van der Waals surface area contributed by atoms with Crippen LogP contribution in [0.1, 0.15) is 5.56 Å². The molecule has 2 aromatic rings. The number of halogens is 1. The molecule has 1 aliphatic rings. The molecule has 1 fully saturated rings. The Morgan fingerprint density at radius 2 is 2.33 bits per heavy atom. The van der Waals surface area contributed by atoms with Crippen LogP contribution in [0.4, 0.5) is 5.13 Å². The van der Waals surface area contributed by atoms with Crippen molar-refractivity contribution in [2.24, 2.45) is 0 Å². The molecule has 1 aromatic carbocycles. The third-order valence-corrected chi connectivity index (χ3v) is 4.36. The van der Waals surface area contributed by atoms with Crippen LogP contribution in [0.3, 0.4) is 0 Å². The lowest BCUT2D eigenvalue weighted by Crippen LogP contribution is -2.48. The summed E-state index contributed by atoms with van der Waals surface area (Å²) in [6, 6.07) is 5.61. The smallest absolute Gasteiger partial charge is 0.245 e. The summed E-state index contributed by atoms with van der Waals surface area (Å²) in [7, 11) is 1.64. The van der Waals surface area contributed by atoms with E-state index in [-0.39, 0.29) is 24.4 Å². The highest BCUT2D eigenvalue weighted by Crippen LogP contribution is 2.32. The van der Waals surface area contributed by atoms with Crippen LogP contribution in [0.2, 0.25) is 0 Å². The van der Waals surface area contributed by atoms with Gasteiger partial charge in [-0.15, -0.1) is 23.7 Å². The summed E-state index contributed by atoms with van der Waals surface area (Å²) in [5.41, 5.74) is 2.84. The standard InChI is InChI=1S/C16H19N3O3S.ClH/c1-10-3-4-14(21-2)11(7-10)13-9-23-16(18-13)19-15(20)12-8-22-6-5-17-12;/h3-4,7,9,12,17H,5-6,8H2,1-2H3,(H,18,19,20);1H. The van der Waals surface area contributed by atoms with E-state index < -0.39 is 0 Å². The molecule has 1 saturated heterocycles. The van der Waals surface area contributed by atoms with Gasteiger partial charge < -0.3 is 20.1 Å². The number of amides is 1. The van der Waals surface area contributed by atoms with Crippen LogP contribution in [-0.2, 0) is 9.53 Å². The molecule has 0 saturated carbocycles. The molecule has 0 spiro atoms. The van der Waals surface area contributed by atoms with Gasteiger partial charge in [0.2, 0.25) is 5.91 Å². The molecule has 1 amide bonds. The maximum absolute atomic E-state index is 12.2. The topological polar surface area (TPSA) is 72.5 Å². The number of hydrogen-bond donors (Lipinski definition) is 2. The molecule has 0 aliphatic carbocycles. The van der Waals surface area contributed by atoms with E-state index in [9.17, 15) is 4.79 Å². The molecule has 6 nitrogen and oxygen atoms in total. The number of rotatable bonds is 4. The molecule has 0 radical (unpaired) electrons. The summed E-state index contributed by atoms with van der Waals surface area (Å²) in [4.78, 5) is 16.7. The summed E-state index contributed by atoms with van der Waals surface area (Å²) in [5, 5.41) is 8.45. The number of nitrogens with zero attached hydrogens (tertiary/aromatic N) is 1. The minimum atomic E-state index is -0.329. The van der Waals surface area contributed by atoms with Crippen molar-refractivity contribution in [2.75, 3.05) is 32.2 Å². The minimum Gasteiger partial charge on any atom is -0.496 e. The first-order chi connectivity index (χ1) is 11.2. The predicted octanol–water partition coefficient (Wildman–Crippen LogP) is 2.48. The zero-order valence-electron chi connectivity index (χ0n) is 13.5. The van der Waals surface area contributed by atoms with Crippen molar-refractivity contribution in [3.8, 4) is 17.0 Å². The van der Waals surface area contributed by atoms with Crippen LogP contribution >= 0.6 is 23.7 Å². The average molecular weight is 370 g/mol. The van der Waals surface area contributed by atoms with Crippen molar-refractivity contribution >= 4 is 34.8 Å². The quantitative estimate of drug-likeness (QED) is 0.866. The summed E-state index contributed by atoms with van der Waals surface area (Å²) in [6.45, 7) is 3.72. The number of hydrogen-bond acceptors (Lipinski definition) is 6. The van der Waals surface area contributed by atoms with Crippen molar-refractivity contribution in [3.05, 3.63) is 29.1 Å². The fourth-order valence-electron chi connectivity index (χ4n) is 2.40. The highest BCUT2D eigenvalue weighted by atomic mass is 35.5. The minimum absolute atomic E-state index is 0. The number of benzene rings is 1. The second-order valence-corrected chi connectivity index (χ2v) is 6.17. The first-order valence-electron chi connectivity index (χ1n) is 7.40. The van der Waals surface area contributed by atoms with Gasteiger partial charge in [0, 0.05) is 17.5 Å². The van der Waals surface area contributed by atoms with Crippen molar-refractivity contribution in [3.63, 3.8) is 0 Å². The van der Waals surface area contributed by atoms with E-state index >= 15 is 0 Å². The maximum atomic E-state index is 12.2. The van der Waals surface area contributed by atoms with Gasteiger partial charge in [0.25, 0.3) is 0 Å². The van der Waals surface area contributed by atoms with Crippen LogP contribution in [0.5, 0.6) is 5.75 Å². The fraction of sp³-hybridized carbons (Fsp3) is 0.375. The number of morpholine rings is 1. The van der Waals surface area contributed by atoms with Crippen molar-refractivity contribution in [1.82, 2.24) is 10.3 Å². The van der Waals surface area contributed by atoms with E-state index in [1.807, 2.05) is 30.5 Å². The third-order valence-electron chi connectivity index (χ3n) is 3.60. The summed E-state index contributed by atoms with van der Waals surface area (Å²) in [6.07, 6.45) is 0. The number of nitrogens with one attached hydrogen (secondary N) is 2. The molecule has 2 heterocycles. The lowest BCUT2D eigenvalue weighted by atomic mass is 10.1. The first-order valence-corrected chi connectivity index (χ1v) is 8.28. The number of anilines is 1. The van der Waals surface area contributed by atoms with Gasteiger partial charge in [-0.05, 0) is 19.1 Å². The van der Waals surface area contributed by atoms with E-state index in [4.69, 9.17) is 9.47 Å². The fourth-order valence-corrected chi connectivity index (χ4v) is 3.12. The van der Waals surface area contributed by atoms with Gasteiger partial charge in [0.15, 0.2) is 5.13 Å². The Morgan fingerprint density at radius 3 is 3.04 bits per heavy atom. The molecule has 2 N–H and O–H groups in total. The molecule has 1 unspecified atom stereocenters. The summed E-state index contributed by atoms with van der Waals surface area (Å²) in [5.74, 6) is 0.642. The molecule has 1 atom stereocenters. The molecule has 1 aliphatic heterocycles. The number of carbonyl (C=O) groups excluding carboxylic acids is 1. The number of aromatic nitrogens is 1. The van der Waals surface area contributed by atoms with Crippen LogP contribution in [0, 0.1) is 6.92 Å². The van der Waals surface area contributed by atoms with Crippen LogP contribution < -0.4 is 15.4 Å². The lowest BCUT2D eigenvalue weighted by molar-refractivity contribution is -0.120. The Balaban J connectivity index is 0.00000208. The number of methoxy groups -OCH3 is 1. The number of aryl methyl sites for hydroxylation is 1. The molecule has 130 valence electrons. The van der Waals surface area contributed by atoms with E-state index in [0.29, 0.717) is 24.9 Å².